The number of hydrogen-bond acceptors (Lipinski definition) is 4. The quantitative estimate of drug-likeness (QED) is 0.476. The number of halogens is 1. The summed E-state index contributed by atoms with van der Waals surface area (Å²) in [5, 5.41) is 13.1. The fourth-order valence-electron chi connectivity index (χ4n) is 3.55. The van der Waals surface area contributed by atoms with Crippen molar-refractivity contribution in [2.75, 3.05) is 0 Å². The van der Waals surface area contributed by atoms with Crippen LogP contribution in [0.1, 0.15) is 11.3 Å². The first-order valence-corrected chi connectivity index (χ1v) is 9.17. The molecule has 0 N–H and O–H groups in total. The van der Waals surface area contributed by atoms with Crippen molar-refractivity contribution in [1.29, 1.82) is 0 Å². The second kappa shape index (κ2) is 6.63. The van der Waals surface area contributed by atoms with Gasteiger partial charge in [0.15, 0.2) is 11.2 Å². The Kier molecular flexibility index (Phi) is 3.94. The molecule has 0 unspecified atom stereocenters. The lowest BCUT2D eigenvalue weighted by Crippen LogP contribution is -2.22. The molecule has 0 aliphatic carbocycles. The summed E-state index contributed by atoms with van der Waals surface area (Å²) in [6.45, 7) is 2.31. The molecule has 5 rings (SSSR count). The normalized spacial score (nSPS) is 11.4. The first-order valence-electron chi connectivity index (χ1n) is 9.17. The van der Waals surface area contributed by atoms with Crippen LogP contribution < -0.4 is 5.56 Å². The summed E-state index contributed by atoms with van der Waals surface area (Å²) < 4.78 is 16.5. The van der Waals surface area contributed by atoms with E-state index in [-0.39, 0.29) is 16.9 Å². The molecule has 0 saturated heterocycles. The lowest BCUT2D eigenvalue weighted by atomic mass is 10.1. The van der Waals surface area contributed by atoms with Gasteiger partial charge in [0, 0.05) is 6.20 Å². The summed E-state index contributed by atoms with van der Waals surface area (Å²) in [7, 11) is 0. The van der Waals surface area contributed by atoms with E-state index in [0.717, 1.165) is 22.4 Å². The Labute approximate surface area is 164 Å². The molecule has 0 aliphatic heterocycles. The highest BCUT2D eigenvalue weighted by Crippen LogP contribution is 2.28. The predicted octanol–water partition coefficient (Wildman–Crippen LogP) is 3.60. The fourth-order valence-corrected chi connectivity index (χ4v) is 3.55. The standard InChI is InChI=1S/C22H16FN5O/c1-14-19(16-7-9-17(23)10-8-16)21-25-24-20-18(28(21)26-14)11-12-27(22(20)29)13-15-5-3-2-4-6-15/h2-12H,13H2,1H3. The van der Waals surface area contributed by atoms with Crippen LogP contribution in [-0.2, 0) is 6.54 Å². The second-order valence-electron chi connectivity index (χ2n) is 6.87. The Morgan fingerprint density at radius 1 is 0.966 bits per heavy atom. The van der Waals surface area contributed by atoms with Gasteiger partial charge in [0.1, 0.15) is 11.3 Å². The van der Waals surface area contributed by atoms with Gasteiger partial charge in [-0.05, 0) is 36.2 Å². The van der Waals surface area contributed by atoms with Crippen molar-refractivity contribution in [3.8, 4) is 11.1 Å². The summed E-state index contributed by atoms with van der Waals surface area (Å²) in [5.41, 5.74) is 4.46. The molecular weight excluding hydrogens is 369 g/mol. The molecule has 0 aliphatic rings. The molecule has 0 saturated carbocycles. The van der Waals surface area contributed by atoms with Crippen molar-refractivity contribution >= 4 is 16.7 Å². The van der Waals surface area contributed by atoms with Gasteiger partial charge in [0.2, 0.25) is 0 Å². The number of nitrogens with zero attached hydrogens (tertiary/aromatic N) is 5. The van der Waals surface area contributed by atoms with Crippen LogP contribution in [0.2, 0.25) is 0 Å². The van der Waals surface area contributed by atoms with Gasteiger partial charge in [-0.25, -0.2) is 8.91 Å². The molecule has 29 heavy (non-hydrogen) atoms. The van der Waals surface area contributed by atoms with Crippen LogP contribution in [0.3, 0.4) is 0 Å². The Morgan fingerprint density at radius 3 is 2.48 bits per heavy atom. The predicted molar refractivity (Wildman–Crippen MR) is 108 cm³/mol. The average Bonchev–Trinajstić information content (AvgIpc) is 3.08. The van der Waals surface area contributed by atoms with E-state index < -0.39 is 0 Å². The van der Waals surface area contributed by atoms with Gasteiger partial charge in [-0.2, -0.15) is 5.10 Å². The van der Waals surface area contributed by atoms with Gasteiger partial charge < -0.3 is 4.57 Å². The van der Waals surface area contributed by atoms with Crippen molar-refractivity contribution in [1.82, 2.24) is 24.4 Å². The lowest BCUT2D eigenvalue weighted by Gasteiger charge is -2.07. The maximum atomic E-state index is 13.3. The highest BCUT2D eigenvalue weighted by molar-refractivity contribution is 5.84. The first kappa shape index (κ1) is 17.2. The van der Waals surface area contributed by atoms with Gasteiger partial charge in [-0.15, -0.1) is 10.2 Å². The Hall–Kier alpha value is -3.87. The summed E-state index contributed by atoms with van der Waals surface area (Å²) in [6.07, 6.45) is 1.74. The molecular formula is C22H16FN5O. The third-order valence-electron chi connectivity index (χ3n) is 4.96. The molecule has 142 valence electrons. The second-order valence-corrected chi connectivity index (χ2v) is 6.87. The van der Waals surface area contributed by atoms with Gasteiger partial charge in [0.25, 0.3) is 5.56 Å². The zero-order chi connectivity index (χ0) is 20.0. The van der Waals surface area contributed by atoms with Crippen molar-refractivity contribution in [2.45, 2.75) is 13.5 Å². The van der Waals surface area contributed by atoms with Gasteiger partial charge in [-0.1, -0.05) is 42.5 Å². The molecule has 3 heterocycles. The average molecular weight is 385 g/mol. The van der Waals surface area contributed by atoms with Crippen LogP contribution in [0, 0.1) is 12.7 Å². The molecule has 7 heteroatoms. The topological polar surface area (TPSA) is 65.1 Å². The molecule has 3 aromatic heterocycles. The molecule has 0 amide bonds. The van der Waals surface area contributed by atoms with Crippen molar-refractivity contribution in [3.63, 3.8) is 0 Å². The number of hydrogen-bond donors (Lipinski definition) is 0. The van der Waals surface area contributed by atoms with E-state index in [2.05, 4.69) is 15.3 Å². The van der Waals surface area contributed by atoms with E-state index >= 15 is 0 Å². The minimum Gasteiger partial charge on any atom is -0.309 e. The maximum Gasteiger partial charge on any atom is 0.280 e. The van der Waals surface area contributed by atoms with Gasteiger partial charge in [0.05, 0.1) is 17.8 Å². The molecule has 0 spiro atoms. The fraction of sp³-hybridized carbons (Fsp3) is 0.0909. The highest BCUT2D eigenvalue weighted by Gasteiger charge is 2.17. The number of aromatic nitrogens is 5. The molecule has 0 atom stereocenters. The van der Waals surface area contributed by atoms with E-state index in [0.29, 0.717) is 17.7 Å². The van der Waals surface area contributed by atoms with E-state index in [1.54, 1.807) is 27.4 Å². The molecule has 0 radical (unpaired) electrons. The number of fused-ring (bicyclic) bond motifs is 3. The van der Waals surface area contributed by atoms with E-state index in [1.807, 2.05) is 43.3 Å². The minimum absolute atomic E-state index is 0.225. The molecule has 5 aromatic rings. The summed E-state index contributed by atoms with van der Waals surface area (Å²) >= 11 is 0. The van der Waals surface area contributed by atoms with E-state index in [1.165, 1.54) is 12.1 Å². The van der Waals surface area contributed by atoms with Crippen LogP contribution in [-0.4, -0.2) is 24.4 Å². The van der Waals surface area contributed by atoms with Crippen molar-refractivity contribution in [2.24, 2.45) is 0 Å². The highest BCUT2D eigenvalue weighted by atomic mass is 19.1. The molecule has 6 nitrogen and oxygen atoms in total. The number of rotatable bonds is 3. The van der Waals surface area contributed by atoms with Crippen LogP contribution >= 0.6 is 0 Å². The van der Waals surface area contributed by atoms with Crippen LogP contribution in [0.25, 0.3) is 27.8 Å². The zero-order valence-corrected chi connectivity index (χ0v) is 15.6. The molecule has 0 fully saturated rings. The third kappa shape index (κ3) is 2.87. The number of pyridine rings is 1. The van der Waals surface area contributed by atoms with Crippen LogP contribution in [0.5, 0.6) is 0 Å². The van der Waals surface area contributed by atoms with Crippen molar-refractivity contribution in [3.05, 3.63) is 94.3 Å². The Morgan fingerprint density at radius 2 is 1.72 bits per heavy atom. The van der Waals surface area contributed by atoms with E-state index in [9.17, 15) is 9.18 Å². The smallest absolute Gasteiger partial charge is 0.280 e. The third-order valence-corrected chi connectivity index (χ3v) is 4.96. The lowest BCUT2D eigenvalue weighted by molar-refractivity contribution is 0.628. The molecule has 0 bridgehead atoms. The van der Waals surface area contributed by atoms with Gasteiger partial charge in [-0.3, -0.25) is 4.79 Å². The number of benzene rings is 2. The van der Waals surface area contributed by atoms with E-state index in [4.69, 9.17) is 0 Å². The summed E-state index contributed by atoms with van der Waals surface area (Å²) in [5.74, 6) is -0.307. The summed E-state index contributed by atoms with van der Waals surface area (Å²) in [6, 6.07) is 17.7. The Bertz CT molecular complexity index is 1410. The summed E-state index contributed by atoms with van der Waals surface area (Å²) in [4.78, 5) is 13.0. The van der Waals surface area contributed by atoms with Crippen LogP contribution in [0.4, 0.5) is 4.39 Å². The van der Waals surface area contributed by atoms with Crippen molar-refractivity contribution < 1.29 is 4.39 Å². The SMILES string of the molecule is Cc1nn2c(nnc3c(=O)n(Cc4ccccc4)ccc32)c1-c1ccc(F)cc1. The molecule has 2 aromatic carbocycles. The largest absolute Gasteiger partial charge is 0.309 e. The number of aryl methyl sites for hydroxylation is 1. The van der Waals surface area contributed by atoms with Gasteiger partial charge >= 0.3 is 0 Å². The zero-order valence-electron chi connectivity index (χ0n) is 15.6. The monoisotopic (exact) mass is 385 g/mol. The Balaban J connectivity index is 1.68. The first-order chi connectivity index (χ1) is 14.1. The van der Waals surface area contributed by atoms with Crippen LogP contribution in [0.15, 0.2) is 71.7 Å². The maximum absolute atomic E-state index is 13.3. The minimum atomic E-state index is -0.307.